The molecule has 188 valence electrons. The zero-order valence-corrected chi connectivity index (χ0v) is 21.6. The third kappa shape index (κ3) is 7.34. The second kappa shape index (κ2) is 13.1. The lowest BCUT2D eigenvalue weighted by Gasteiger charge is -2.11. The molecule has 36 heavy (non-hydrogen) atoms. The van der Waals surface area contributed by atoms with Crippen molar-refractivity contribution in [1.82, 2.24) is 14.9 Å². The molecule has 0 bridgehead atoms. The number of benzene rings is 3. The van der Waals surface area contributed by atoms with Gasteiger partial charge >= 0.3 is 0 Å². The van der Waals surface area contributed by atoms with Gasteiger partial charge in [0.2, 0.25) is 5.91 Å². The molecule has 0 aliphatic heterocycles. The minimum Gasteiger partial charge on any atom is -0.494 e. The van der Waals surface area contributed by atoms with E-state index in [9.17, 15) is 4.79 Å². The van der Waals surface area contributed by atoms with Crippen molar-refractivity contribution in [2.24, 2.45) is 0 Å². The molecule has 0 aliphatic rings. The first-order valence-electron chi connectivity index (χ1n) is 12.7. The number of rotatable bonds is 13. The molecular weight excluding hydrogens is 470 g/mol. The second-order valence-corrected chi connectivity index (χ2v) is 9.52. The Morgan fingerprint density at radius 2 is 1.81 bits per heavy atom. The fraction of sp³-hybridized carbons (Fsp3) is 0.333. The normalized spacial score (nSPS) is 11.1. The van der Waals surface area contributed by atoms with Crippen LogP contribution in [-0.2, 0) is 24.2 Å². The SMILES string of the molecule is Cc1cccc(OCCCn2c(CCCCCNC(=O)Cc3ccccc3Cl)nc3ccccc32)c1. The lowest BCUT2D eigenvalue weighted by Crippen LogP contribution is -2.26. The Hall–Kier alpha value is -3.31. The largest absolute Gasteiger partial charge is 0.494 e. The predicted octanol–water partition coefficient (Wildman–Crippen LogP) is 6.54. The molecule has 3 aromatic carbocycles. The quantitative estimate of drug-likeness (QED) is 0.211. The van der Waals surface area contributed by atoms with Gasteiger partial charge in [-0.05, 0) is 67.6 Å². The molecule has 0 fully saturated rings. The highest BCUT2D eigenvalue weighted by Crippen LogP contribution is 2.19. The molecule has 0 saturated heterocycles. The average Bonchev–Trinajstić information content (AvgIpc) is 3.23. The molecule has 0 unspecified atom stereocenters. The van der Waals surface area contributed by atoms with Gasteiger partial charge in [-0.2, -0.15) is 0 Å². The summed E-state index contributed by atoms with van der Waals surface area (Å²) in [5.74, 6) is 2.05. The molecular formula is C30H34ClN3O2. The highest BCUT2D eigenvalue weighted by Gasteiger charge is 2.11. The highest BCUT2D eigenvalue weighted by atomic mass is 35.5. The lowest BCUT2D eigenvalue weighted by molar-refractivity contribution is -0.120. The van der Waals surface area contributed by atoms with E-state index in [2.05, 4.69) is 47.1 Å². The van der Waals surface area contributed by atoms with Crippen molar-refractivity contribution in [3.05, 3.63) is 94.8 Å². The van der Waals surface area contributed by atoms with Gasteiger partial charge in [0.1, 0.15) is 11.6 Å². The molecule has 0 aliphatic carbocycles. The van der Waals surface area contributed by atoms with Crippen molar-refractivity contribution in [2.45, 2.75) is 52.0 Å². The monoisotopic (exact) mass is 503 g/mol. The number of carbonyl (C=O) groups is 1. The van der Waals surface area contributed by atoms with Crippen molar-refractivity contribution >= 4 is 28.5 Å². The van der Waals surface area contributed by atoms with Gasteiger partial charge in [-0.15, -0.1) is 0 Å². The van der Waals surface area contributed by atoms with Gasteiger partial charge in [0.05, 0.1) is 24.1 Å². The number of fused-ring (bicyclic) bond motifs is 1. The zero-order chi connectivity index (χ0) is 25.2. The Morgan fingerprint density at radius 3 is 2.67 bits per heavy atom. The van der Waals surface area contributed by atoms with Crippen LogP contribution in [0.25, 0.3) is 11.0 Å². The molecule has 6 heteroatoms. The predicted molar refractivity (Wildman–Crippen MR) is 147 cm³/mol. The number of imidazole rings is 1. The average molecular weight is 504 g/mol. The maximum atomic E-state index is 12.2. The molecule has 0 saturated carbocycles. The van der Waals surface area contributed by atoms with E-state index in [1.54, 1.807) is 0 Å². The van der Waals surface area contributed by atoms with Crippen LogP contribution in [0.3, 0.4) is 0 Å². The summed E-state index contributed by atoms with van der Waals surface area (Å²) in [5.41, 5.74) is 4.28. The molecule has 1 heterocycles. The number of aryl methyl sites for hydroxylation is 3. The first-order chi connectivity index (χ1) is 17.6. The second-order valence-electron chi connectivity index (χ2n) is 9.12. The number of halogens is 1. The van der Waals surface area contributed by atoms with Gasteiger partial charge in [0, 0.05) is 24.5 Å². The number of hydrogen-bond acceptors (Lipinski definition) is 3. The van der Waals surface area contributed by atoms with Crippen molar-refractivity contribution in [3.8, 4) is 5.75 Å². The fourth-order valence-electron chi connectivity index (χ4n) is 4.37. The van der Waals surface area contributed by atoms with Gasteiger partial charge in [-0.1, -0.05) is 60.5 Å². The van der Waals surface area contributed by atoms with Crippen LogP contribution in [0.2, 0.25) is 5.02 Å². The molecule has 4 aromatic rings. The lowest BCUT2D eigenvalue weighted by atomic mass is 10.1. The Labute approximate surface area is 218 Å². The summed E-state index contributed by atoms with van der Waals surface area (Å²) in [6, 6.07) is 24.0. The van der Waals surface area contributed by atoms with Gasteiger partial charge in [0.25, 0.3) is 0 Å². The van der Waals surface area contributed by atoms with Gasteiger partial charge in [-0.3, -0.25) is 4.79 Å². The molecule has 0 spiro atoms. The van der Waals surface area contributed by atoms with Crippen LogP contribution < -0.4 is 10.1 Å². The van der Waals surface area contributed by atoms with Crippen LogP contribution in [0.5, 0.6) is 5.75 Å². The highest BCUT2D eigenvalue weighted by molar-refractivity contribution is 6.31. The van der Waals surface area contributed by atoms with E-state index < -0.39 is 0 Å². The van der Waals surface area contributed by atoms with E-state index in [-0.39, 0.29) is 5.91 Å². The molecule has 0 atom stereocenters. The van der Waals surface area contributed by atoms with Crippen LogP contribution in [0.15, 0.2) is 72.8 Å². The first-order valence-corrected chi connectivity index (χ1v) is 13.1. The number of nitrogens with zero attached hydrogens (tertiary/aromatic N) is 2. The molecule has 1 N–H and O–H groups in total. The number of aromatic nitrogens is 2. The summed E-state index contributed by atoms with van der Waals surface area (Å²) >= 11 is 6.15. The molecule has 4 rings (SSSR count). The smallest absolute Gasteiger partial charge is 0.224 e. The number of hydrogen-bond donors (Lipinski definition) is 1. The Bertz CT molecular complexity index is 1280. The van der Waals surface area contributed by atoms with Crippen LogP contribution in [-0.4, -0.2) is 28.6 Å². The van der Waals surface area contributed by atoms with Crippen LogP contribution in [0, 0.1) is 6.92 Å². The molecule has 5 nitrogen and oxygen atoms in total. The number of ether oxygens (including phenoxy) is 1. The van der Waals surface area contributed by atoms with E-state index in [0.717, 1.165) is 61.3 Å². The topological polar surface area (TPSA) is 56.1 Å². The van der Waals surface area contributed by atoms with Crippen molar-refractivity contribution in [1.29, 1.82) is 0 Å². The Balaban J connectivity index is 1.22. The summed E-state index contributed by atoms with van der Waals surface area (Å²) < 4.78 is 8.28. The number of unbranched alkanes of at least 4 members (excludes halogenated alkanes) is 2. The standard InChI is InChI=1S/C30H34ClN3O2/c1-23-11-9-13-25(21-23)36-20-10-19-34-28-16-7-6-15-27(28)33-29(34)17-3-2-8-18-32-30(35)22-24-12-4-5-14-26(24)31/h4-7,9,11-16,21H,2-3,8,10,17-20,22H2,1H3,(H,32,35). The number of nitrogens with one attached hydrogen (secondary N) is 1. The third-order valence-electron chi connectivity index (χ3n) is 6.23. The zero-order valence-electron chi connectivity index (χ0n) is 20.9. The van der Waals surface area contributed by atoms with E-state index in [1.807, 2.05) is 42.5 Å². The van der Waals surface area contributed by atoms with Gasteiger partial charge in [0.15, 0.2) is 0 Å². The molecule has 1 aromatic heterocycles. The van der Waals surface area contributed by atoms with Gasteiger partial charge in [-0.25, -0.2) is 4.98 Å². The third-order valence-corrected chi connectivity index (χ3v) is 6.59. The van der Waals surface area contributed by atoms with E-state index in [4.69, 9.17) is 21.3 Å². The summed E-state index contributed by atoms with van der Waals surface area (Å²) in [7, 11) is 0. The summed E-state index contributed by atoms with van der Waals surface area (Å²) in [6.07, 6.45) is 5.16. The minimum atomic E-state index is 0.0118. The minimum absolute atomic E-state index is 0.0118. The summed E-state index contributed by atoms with van der Waals surface area (Å²) in [6.45, 7) is 4.30. The maximum absolute atomic E-state index is 12.2. The number of carbonyl (C=O) groups excluding carboxylic acids is 1. The van der Waals surface area contributed by atoms with E-state index in [0.29, 0.717) is 24.6 Å². The fourth-order valence-corrected chi connectivity index (χ4v) is 4.58. The maximum Gasteiger partial charge on any atom is 0.224 e. The summed E-state index contributed by atoms with van der Waals surface area (Å²) in [4.78, 5) is 17.1. The van der Waals surface area contributed by atoms with Crippen LogP contribution in [0.4, 0.5) is 0 Å². The summed E-state index contributed by atoms with van der Waals surface area (Å²) in [5, 5.41) is 3.65. The van der Waals surface area contributed by atoms with Gasteiger partial charge < -0.3 is 14.6 Å². The first kappa shape index (κ1) is 25.8. The van der Waals surface area contributed by atoms with E-state index >= 15 is 0 Å². The molecule has 0 radical (unpaired) electrons. The van der Waals surface area contributed by atoms with E-state index in [1.165, 1.54) is 11.1 Å². The van der Waals surface area contributed by atoms with Crippen molar-refractivity contribution < 1.29 is 9.53 Å². The number of para-hydroxylation sites is 2. The van der Waals surface area contributed by atoms with Crippen LogP contribution in [0.1, 0.15) is 42.6 Å². The number of amides is 1. The Morgan fingerprint density at radius 1 is 0.972 bits per heavy atom. The van der Waals surface area contributed by atoms with Crippen molar-refractivity contribution in [2.75, 3.05) is 13.2 Å². The van der Waals surface area contributed by atoms with Crippen LogP contribution >= 0.6 is 11.6 Å². The molecule has 1 amide bonds. The Kier molecular flexibility index (Phi) is 9.40. The van der Waals surface area contributed by atoms with Crippen molar-refractivity contribution in [3.63, 3.8) is 0 Å².